The van der Waals surface area contributed by atoms with Crippen LogP contribution in [0.5, 0.6) is 0 Å². The number of hydrogen-bond donors (Lipinski definition) is 3. The molecule has 5 amide bonds. The molecule has 3 aromatic carbocycles. The molecule has 3 N–H and O–H groups in total. The van der Waals surface area contributed by atoms with Crippen molar-refractivity contribution in [3.63, 3.8) is 0 Å². The molecule has 1 aliphatic heterocycles. The van der Waals surface area contributed by atoms with Gasteiger partial charge in [0.25, 0.3) is 11.8 Å². The SMILES string of the molecule is CC(NC(=O)c1ccccc1NC(=O)CN1C(=O)NC2(CCc3ccccc3C2)C1=O)c1ccccc1. The largest absolute Gasteiger partial charge is 0.345 e. The van der Waals surface area contributed by atoms with Crippen LogP contribution in [0.4, 0.5) is 10.5 Å². The Bertz CT molecular complexity index is 1370. The lowest BCUT2D eigenvalue weighted by atomic mass is 9.78. The number of anilines is 1. The van der Waals surface area contributed by atoms with Crippen LogP contribution in [0.15, 0.2) is 78.9 Å². The van der Waals surface area contributed by atoms with Crippen molar-refractivity contribution in [2.24, 2.45) is 0 Å². The molecule has 1 saturated heterocycles. The second-order valence-electron chi connectivity index (χ2n) is 9.55. The number of urea groups is 1. The number of carbonyl (C=O) groups excluding carboxylic acids is 4. The van der Waals surface area contributed by atoms with Gasteiger partial charge in [0.1, 0.15) is 12.1 Å². The van der Waals surface area contributed by atoms with Crippen molar-refractivity contribution in [1.29, 1.82) is 0 Å². The minimum Gasteiger partial charge on any atom is -0.345 e. The molecule has 8 heteroatoms. The molecule has 3 aromatic rings. The molecule has 2 atom stereocenters. The molecule has 2 aliphatic rings. The summed E-state index contributed by atoms with van der Waals surface area (Å²) in [6, 6.07) is 23.3. The molecule has 8 nitrogen and oxygen atoms in total. The first-order chi connectivity index (χ1) is 17.9. The number of benzene rings is 3. The molecule has 0 bridgehead atoms. The van der Waals surface area contributed by atoms with Crippen LogP contribution in [0.2, 0.25) is 0 Å². The fourth-order valence-corrected chi connectivity index (χ4v) is 5.07. The summed E-state index contributed by atoms with van der Waals surface area (Å²) in [6.45, 7) is 1.44. The number of nitrogens with zero attached hydrogens (tertiary/aromatic N) is 1. The molecule has 1 aliphatic carbocycles. The van der Waals surface area contributed by atoms with E-state index in [1.165, 1.54) is 5.56 Å². The Hall–Kier alpha value is -4.46. The minimum atomic E-state index is -1.03. The Kier molecular flexibility index (Phi) is 6.48. The monoisotopic (exact) mass is 496 g/mol. The van der Waals surface area contributed by atoms with Gasteiger partial charge in [0.05, 0.1) is 17.3 Å². The zero-order chi connectivity index (χ0) is 26.0. The lowest BCUT2D eigenvalue weighted by Gasteiger charge is -2.32. The van der Waals surface area contributed by atoms with E-state index < -0.39 is 29.9 Å². The molecular weight excluding hydrogens is 468 g/mol. The summed E-state index contributed by atoms with van der Waals surface area (Å²) in [5, 5.41) is 8.49. The summed E-state index contributed by atoms with van der Waals surface area (Å²) in [6.07, 6.45) is 1.55. The second-order valence-corrected chi connectivity index (χ2v) is 9.55. The quantitative estimate of drug-likeness (QED) is 0.453. The van der Waals surface area contributed by atoms with Crippen molar-refractivity contribution in [3.8, 4) is 0 Å². The maximum Gasteiger partial charge on any atom is 0.325 e. The highest BCUT2D eigenvalue weighted by molar-refractivity contribution is 6.11. The summed E-state index contributed by atoms with van der Waals surface area (Å²) >= 11 is 0. The van der Waals surface area contributed by atoms with Gasteiger partial charge in [-0.1, -0.05) is 66.7 Å². The minimum absolute atomic E-state index is 0.236. The number of amides is 5. The molecule has 1 heterocycles. The predicted molar refractivity (Wildman–Crippen MR) is 139 cm³/mol. The van der Waals surface area contributed by atoms with Gasteiger partial charge in [0, 0.05) is 6.42 Å². The summed E-state index contributed by atoms with van der Waals surface area (Å²) < 4.78 is 0. The van der Waals surface area contributed by atoms with Crippen LogP contribution < -0.4 is 16.0 Å². The molecule has 37 heavy (non-hydrogen) atoms. The number of fused-ring (bicyclic) bond motifs is 1. The summed E-state index contributed by atoms with van der Waals surface area (Å²) in [7, 11) is 0. The summed E-state index contributed by atoms with van der Waals surface area (Å²) in [5.74, 6) is -1.31. The molecule has 188 valence electrons. The highest BCUT2D eigenvalue weighted by Crippen LogP contribution is 2.33. The van der Waals surface area contributed by atoms with Gasteiger partial charge >= 0.3 is 6.03 Å². The van der Waals surface area contributed by atoms with Gasteiger partial charge in [-0.25, -0.2) is 4.79 Å². The number of para-hydroxylation sites is 1. The molecule has 0 aromatic heterocycles. The Labute approximate surface area is 215 Å². The van der Waals surface area contributed by atoms with Crippen molar-refractivity contribution in [2.75, 3.05) is 11.9 Å². The third-order valence-corrected chi connectivity index (χ3v) is 7.07. The van der Waals surface area contributed by atoms with Gasteiger partial charge in [0.15, 0.2) is 0 Å². The van der Waals surface area contributed by atoms with Crippen molar-refractivity contribution in [3.05, 3.63) is 101 Å². The zero-order valence-corrected chi connectivity index (χ0v) is 20.5. The van der Waals surface area contributed by atoms with E-state index in [1.807, 2.05) is 61.5 Å². The lowest BCUT2D eigenvalue weighted by Crippen LogP contribution is -2.51. The van der Waals surface area contributed by atoms with Gasteiger partial charge in [-0.2, -0.15) is 0 Å². The fourth-order valence-electron chi connectivity index (χ4n) is 5.07. The van der Waals surface area contributed by atoms with Crippen LogP contribution in [0.1, 0.15) is 46.4 Å². The Balaban J connectivity index is 1.26. The standard InChI is InChI=1S/C29H28N4O4/c1-19(20-9-3-2-4-10-20)30-26(35)23-13-7-8-14-24(23)31-25(34)18-33-27(36)29(32-28(33)37)16-15-21-11-5-6-12-22(21)17-29/h2-14,19H,15-18H2,1H3,(H,30,35)(H,31,34)(H,32,37). The van der Waals surface area contributed by atoms with E-state index >= 15 is 0 Å². The van der Waals surface area contributed by atoms with Crippen LogP contribution in [0, 0.1) is 0 Å². The lowest BCUT2D eigenvalue weighted by molar-refractivity contribution is -0.134. The second kappa shape index (κ2) is 9.89. The average Bonchev–Trinajstić information content (AvgIpc) is 3.12. The van der Waals surface area contributed by atoms with E-state index in [1.54, 1.807) is 24.3 Å². The Morgan fingerprint density at radius 1 is 0.946 bits per heavy atom. The van der Waals surface area contributed by atoms with Crippen LogP contribution in [0.3, 0.4) is 0 Å². The van der Waals surface area contributed by atoms with Crippen LogP contribution in [-0.4, -0.2) is 40.7 Å². The highest BCUT2D eigenvalue weighted by Gasteiger charge is 2.52. The first kappa shape index (κ1) is 24.2. The van der Waals surface area contributed by atoms with Crippen LogP contribution >= 0.6 is 0 Å². The van der Waals surface area contributed by atoms with Crippen molar-refractivity contribution in [2.45, 2.75) is 37.8 Å². The topological polar surface area (TPSA) is 108 Å². The summed E-state index contributed by atoms with van der Waals surface area (Å²) in [5.41, 5.74) is 2.71. The number of imide groups is 1. The van der Waals surface area contributed by atoms with Gasteiger partial charge in [0.2, 0.25) is 5.91 Å². The maximum absolute atomic E-state index is 13.3. The number of aryl methyl sites for hydroxylation is 1. The van der Waals surface area contributed by atoms with E-state index in [9.17, 15) is 19.2 Å². The van der Waals surface area contributed by atoms with Crippen molar-refractivity contribution in [1.82, 2.24) is 15.5 Å². The van der Waals surface area contributed by atoms with Crippen molar-refractivity contribution < 1.29 is 19.2 Å². The number of hydrogen-bond acceptors (Lipinski definition) is 4. The first-order valence-corrected chi connectivity index (χ1v) is 12.3. The van der Waals surface area contributed by atoms with E-state index in [4.69, 9.17) is 0 Å². The van der Waals surface area contributed by atoms with Crippen LogP contribution in [0.25, 0.3) is 0 Å². The van der Waals surface area contributed by atoms with Gasteiger partial charge in [-0.15, -0.1) is 0 Å². The van der Waals surface area contributed by atoms with Gasteiger partial charge in [-0.05, 0) is 48.6 Å². The Morgan fingerprint density at radius 2 is 1.62 bits per heavy atom. The third kappa shape index (κ3) is 4.82. The Morgan fingerprint density at radius 3 is 2.41 bits per heavy atom. The summed E-state index contributed by atoms with van der Waals surface area (Å²) in [4.78, 5) is 52.9. The number of carbonyl (C=O) groups is 4. The van der Waals surface area contributed by atoms with E-state index in [0.29, 0.717) is 24.9 Å². The van der Waals surface area contributed by atoms with E-state index in [-0.39, 0.29) is 17.5 Å². The number of nitrogens with one attached hydrogen (secondary N) is 3. The van der Waals surface area contributed by atoms with Gasteiger partial charge < -0.3 is 16.0 Å². The van der Waals surface area contributed by atoms with E-state index in [0.717, 1.165) is 16.0 Å². The third-order valence-electron chi connectivity index (χ3n) is 7.07. The fraction of sp³-hybridized carbons (Fsp3) is 0.241. The van der Waals surface area contributed by atoms with Crippen LogP contribution in [-0.2, 0) is 22.4 Å². The predicted octanol–water partition coefficient (Wildman–Crippen LogP) is 3.60. The molecule has 0 saturated carbocycles. The maximum atomic E-state index is 13.3. The zero-order valence-electron chi connectivity index (χ0n) is 20.5. The smallest absolute Gasteiger partial charge is 0.325 e. The average molecular weight is 497 g/mol. The van der Waals surface area contributed by atoms with E-state index in [2.05, 4.69) is 16.0 Å². The molecule has 1 spiro atoms. The van der Waals surface area contributed by atoms with Gasteiger partial charge in [-0.3, -0.25) is 19.3 Å². The molecule has 5 rings (SSSR count). The first-order valence-electron chi connectivity index (χ1n) is 12.3. The van der Waals surface area contributed by atoms with Crippen molar-refractivity contribution >= 4 is 29.4 Å². The highest BCUT2D eigenvalue weighted by atomic mass is 16.2. The normalized spacial score (nSPS) is 19.2. The molecule has 0 radical (unpaired) electrons. The molecule has 1 fully saturated rings. The molecular formula is C29H28N4O4. The molecule has 2 unspecified atom stereocenters. The number of rotatable bonds is 6.